The molecule has 2 fully saturated rings. The number of likely N-dealkylation sites (tertiary alicyclic amines) is 1. The van der Waals surface area contributed by atoms with Crippen molar-refractivity contribution >= 4 is 11.8 Å². The molecule has 2 aliphatic rings. The van der Waals surface area contributed by atoms with Gasteiger partial charge < -0.3 is 15.5 Å². The van der Waals surface area contributed by atoms with Crippen LogP contribution in [0.3, 0.4) is 0 Å². The average molecular weight is 319 g/mol. The molecule has 0 aliphatic carbocycles. The average Bonchev–Trinajstić information content (AvgIpc) is 3.17. The number of hydrogen-bond acceptors (Lipinski definition) is 4. The molecule has 2 amide bonds. The highest BCUT2D eigenvalue weighted by Crippen LogP contribution is 2.28. The Morgan fingerprint density at radius 3 is 2.83 bits per heavy atom. The van der Waals surface area contributed by atoms with E-state index in [1.807, 2.05) is 38.2 Å². The summed E-state index contributed by atoms with van der Waals surface area (Å²) in [4.78, 5) is 26.5. The summed E-state index contributed by atoms with van der Waals surface area (Å²) in [5.74, 6) is 0.190. The summed E-state index contributed by atoms with van der Waals surface area (Å²) in [6, 6.07) is 0.105. The Bertz CT molecular complexity index is 597. The third-order valence-corrected chi connectivity index (χ3v) is 4.83. The Labute approximate surface area is 136 Å². The second kappa shape index (κ2) is 6.31. The van der Waals surface area contributed by atoms with Crippen LogP contribution in [-0.2, 0) is 16.6 Å². The van der Waals surface area contributed by atoms with Crippen molar-refractivity contribution in [2.24, 2.45) is 13.0 Å². The van der Waals surface area contributed by atoms with E-state index in [2.05, 4.69) is 15.7 Å². The number of carbonyl (C=O) groups excluding carboxylic acids is 2. The smallest absolute Gasteiger partial charge is 0.225 e. The standard InChI is InChI=1S/C16H25N5O2/c1-10(2)21-9-12(4-15(21)22)19-16(23)14-7-17-6-13(14)11-5-18-20(3)8-11/h5,8,10,12-14,17H,4,6-7,9H2,1-3H3,(H,19,23)/t12?,13-,14+/m1/s1. The lowest BCUT2D eigenvalue weighted by atomic mass is 9.90. The first-order chi connectivity index (χ1) is 11.0. The molecule has 1 aromatic rings. The van der Waals surface area contributed by atoms with E-state index < -0.39 is 0 Å². The number of rotatable bonds is 4. The molecule has 7 nitrogen and oxygen atoms in total. The topological polar surface area (TPSA) is 79.3 Å². The number of carbonyl (C=O) groups is 2. The van der Waals surface area contributed by atoms with Gasteiger partial charge in [0, 0.05) is 51.3 Å². The fourth-order valence-corrected chi connectivity index (χ4v) is 3.57. The molecule has 0 bridgehead atoms. The van der Waals surface area contributed by atoms with Crippen LogP contribution in [0.1, 0.15) is 31.7 Å². The van der Waals surface area contributed by atoms with Gasteiger partial charge in [-0.05, 0) is 19.4 Å². The fraction of sp³-hybridized carbons (Fsp3) is 0.688. The van der Waals surface area contributed by atoms with E-state index in [4.69, 9.17) is 0 Å². The summed E-state index contributed by atoms with van der Waals surface area (Å²) in [6.07, 6.45) is 4.21. The van der Waals surface area contributed by atoms with Gasteiger partial charge in [-0.1, -0.05) is 0 Å². The van der Waals surface area contributed by atoms with E-state index in [0.717, 1.165) is 12.1 Å². The Hall–Kier alpha value is -1.89. The summed E-state index contributed by atoms with van der Waals surface area (Å²) >= 11 is 0. The van der Waals surface area contributed by atoms with Crippen molar-refractivity contribution in [2.45, 2.75) is 38.3 Å². The van der Waals surface area contributed by atoms with Crippen molar-refractivity contribution in [3.05, 3.63) is 18.0 Å². The van der Waals surface area contributed by atoms with Crippen LogP contribution >= 0.6 is 0 Å². The zero-order valence-electron chi connectivity index (χ0n) is 14.0. The van der Waals surface area contributed by atoms with Crippen LogP contribution in [0.2, 0.25) is 0 Å². The van der Waals surface area contributed by atoms with Gasteiger partial charge in [0.05, 0.1) is 18.2 Å². The second-order valence-corrected chi connectivity index (χ2v) is 6.87. The molecule has 3 rings (SSSR count). The van der Waals surface area contributed by atoms with Gasteiger partial charge in [-0.2, -0.15) is 5.10 Å². The van der Waals surface area contributed by atoms with E-state index >= 15 is 0 Å². The van der Waals surface area contributed by atoms with Crippen LogP contribution in [0.25, 0.3) is 0 Å². The van der Waals surface area contributed by atoms with Crippen LogP contribution in [0.5, 0.6) is 0 Å². The van der Waals surface area contributed by atoms with Crippen molar-refractivity contribution in [3.63, 3.8) is 0 Å². The highest BCUT2D eigenvalue weighted by molar-refractivity contribution is 5.84. The lowest BCUT2D eigenvalue weighted by Gasteiger charge is -2.22. The third kappa shape index (κ3) is 3.24. The summed E-state index contributed by atoms with van der Waals surface area (Å²) < 4.78 is 1.76. The fourth-order valence-electron chi connectivity index (χ4n) is 3.57. The molecule has 0 saturated carbocycles. The maximum Gasteiger partial charge on any atom is 0.225 e. The number of aryl methyl sites for hydroxylation is 1. The van der Waals surface area contributed by atoms with Crippen LogP contribution < -0.4 is 10.6 Å². The van der Waals surface area contributed by atoms with Crippen LogP contribution in [-0.4, -0.2) is 58.2 Å². The molecule has 2 N–H and O–H groups in total. The number of amides is 2. The third-order valence-electron chi connectivity index (χ3n) is 4.83. The van der Waals surface area contributed by atoms with Gasteiger partial charge in [-0.3, -0.25) is 14.3 Å². The number of aromatic nitrogens is 2. The van der Waals surface area contributed by atoms with Crippen molar-refractivity contribution in [1.29, 1.82) is 0 Å². The summed E-state index contributed by atoms with van der Waals surface area (Å²) in [6.45, 7) is 6.06. The molecule has 3 heterocycles. The van der Waals surface area contributed by atoms with E-state index in [0.29, 0.717) is 19.5 Å². The minimum atomic E-state index is -0.109. The van der Waals surface area contributed by atoms with Crippen LogP contribution in [0.15, 0.2) is 12.4 Å². The molecule has 1 aromatic heterocycles. The lowest BCUT2D eigenvalue weighted by molar-refractivity contribution is -0.129. The molecule has 7 heteroatoms. The molecule has 2 saturated heterocycles. The lowest BCUT2D eigenvalue weighted by Crippen LogP contribution is -2.43. The van der Waals surface area contributed by atoms with Gasteiger partial charge in [0.15, 0.2) is 0 Å². The predicted molar refractivity (Wildman–Crippen MR) is 85.7 cm³/mol. The van der Waals surface area contributed by atoms with Gasteiger partial charge >= 0.3 is 0 Å². The largest absolute Gasteiger partial charge is 0.351 e. The first-order valence-corrected chi connectivity index (χ1v) is 8.24. The van der Waals surface area contributed by atoms with Crippen molar-refractivity contribution < 1.29 is 9.59 Å². The zero-order chi connectivity index (χ0) is 16.6. The molecule has 2 aliphatic heterocycles. The molecule has 126 valence electrons. The molecule has 0 radical (unpaired) electrons. The molecule has 0 spiro atoms. The molecule has 0 aromatic carbocycles. The number of hydrogen-bond donors (Lipinski definition) is 2. The number of nitrogens with zero attached hydrogens (tertiary/aromatic N) is 3. The van der Waals surface area contributed by atoms with E-state index in [9.17, 15) is 9.59 Å². The van der Waals surface area contributed by atoms with E-state index in [1.54, 1.807) is 4.68 Å². The second-order valence-electron chi connectivity index (χ2n) is 6.87. The Balaban J connectivity index is 1.63. The minimum Gasteiger partial charge on any atom is -0.351 e. The van der Waals surface area contributed by atoms with Gasteiger partial charge in [0.1, 0.15) is 0 Å². The van der Waals surface area contributed by atoms with E-state index in [-0.39, 0.29) is 35.7 Å². The molecular formula is C16H25N5O2. The predicted octanol–water partition coefficient (Wildman–Crippen LogP) is -0.151. The van der Waals surface area contributed by atoms with Gasteiger partial charge in [-0.25, -0.2) is 0 Å². The van der Waals surface area contributed by atoms with Crippen LogP contribution in [0.4, 0.5) is 0 Å². The van der Waals surface area contributed by atoms with Crippen molar-refractivity contribution in [2.75, 3.05) is 19.6 Å². The molecule has 23 heavy (non-hydrogen) atoms. The molecule has 3 atom stereocenters. The highest BCUT2D eigenvalue weighted by Gasteiger charge is 2.38. The number of nitrogens with one attached hydrogen (secondary N) is 2. The van der Waals surface area contributed by atoms with Crippen molar-refractivity contribution in [1.82, 2.24) is 25.3 Å². The highest BCUT2D eigenvalue weighted by atomic mass is 16.2. The SMILES string of the molecule is CC(C)N1CC(NC(=O)[C@H]2CNC[C@@H]2c2cnn(C)c2)CC1=O. The summed E-state index contributed by atoms with van der Waals surface area (Å²) in [7, 11) is 1.88. The normalized spacial score (nSPS) is 27.9. The maximum absolute atomic E-state index is 12.7. The molecule has 1 unspecified atom stereocenters. The van der Waals surface area contributed by atoms with Crippen LogP contribution in [0, 0.1) is 5.92 Å². The van der Waals surface area contributed by atoms with Gasteiger partial charge in [-0.15, -0.1) is 0 Å². The van der Waals surface area contributed by atoms with E-state index in [1.165, 1.54) is 0 Å². The molecular weight excluding hydrogens is 294 g/mol. The zero-order valence-corrected chi connectivity index (χ0v) is 14.0. The van der Waals surface area contributed by atoms with Gasteiger partial charge in [0.25, 0.3) is 0 Å². The minimum absolute atomic E-state index is 0.0345. The first-order valence-electron chi connectivity index (χ1n) is 8.24. The Kier molecular flexibility index (Phi) is 4.39. The Morgan fingerprint density at radius 1 is 1.43 bits per heavy atom. The summed E-state index contributed by atoms with van der Waals surface area (Å²) in [5, 5.41) is 10.6. The Morgan fingerprint density at radius 2 is 2.22 bits per heavy atom. The first kappa shape index (κ1) is 16.0. The van der Waals surface area contributed by atoms with Gasteiger partial charge in [0.2, 0.25) is 11.8 Å². The monoisotopic (exact) mass is 319 g/mol. The quantitative estimate of drug-likeness (QED) is 0.809. The maximum atomic E-state index is 12.7. The van der Waals surface area contributed by atoms with Crippen molar-refractivity contribution in [3.8, 4) is 0 Å². The summed E-state index contributed by atoms with van der Waals surface area (Å²) in [5.41, 5.74) is 1.09.